The Balaban J connectivity index is 1.63. The molecule has 2 rings (SSSR count). The second-order valence-electron chi connectivity index (χ2n) is 6.17. The zero-order chi connectivity index (χ0) is 22.7. The molecule has 0 bridgehead atoms. The van der Waals surface area contributed by atoms with Gasteiger partial charge in [0, 0.05) is 0 Å². The maximum Gasteiger partial charge on any atom is 0.358 e. The summed E-state index contributed by atoms with van der Waals surface area (Å²) in [5, 5.41) is 0.422. The van der Waals surface area contributed by atoms with Gasteiger partial charge in [0.15, 0.2) is 0 Å². The molecule has 0 saturated heterocycles. The highest BCUT2D eigenvalue weighted by atomic mass is 31.2. The van der Waals surface area contributed by atoms with Gasteiger partial charge in [0.1, 0.15) is 24.7 Å². The third-order valence-corrected chi connectivity index (χ3v) is 7.04. The van der Waals surface area contributed by atoms with Crippen LogP contribution in [0.5, 0.6) is 11.5 Å². The van der Waals surface area contributed by atoms with Crippen molar-refractivity contribution in [2.45, 2.75) is 13.8 Å². The molecule has 172 valence electrons. The molecule has 2 atom stereocenters. The Labute approximate surface area is 181 Å². The first kappa shape index (κ1) is 25.6. The van der Waals surface area contributed by atoms with Crippen LogP contribution in [0, 0.1) is 0 Å². The van der Waals surface area contributed by atoms with Crippen LogP contribution in [-0.4, -0.2) is 49.4 Å². The molecule has 0 amide bonds. The van der Waals surface area contributed by atoms with E-state index in [0.29, 0.717) is 37.9 Å². The van der Waals surface area contributed by atoms with Gasteiger partial charge in [-0.15, -0.1) is 0 Å². The van der Waals surface area contributed by atoms with Crippen molar-refractivity contribution in [3.05, 3.63) is 48.5 Å². The lowest BCUT2D eigenvalue weighted by molar-refractivity contribution is 0.0764. The number of hydrogen-bond acceptors (Lipinski definition) is 7. The second-order valence-corrected chi connectivity index (χ2v) is 9.80. The molecule has 0 spiro atoms. The van der Waals surface area contributed by atoms with Gasteiger partial charge >= 0.3 is 15.2 Å². The molecule has 2 unspecified atom stereocenters. The molecular formula is C20H28O9P2. The molecule has 0 fully saturated rings. The number of benzene rings is 2. The molecule has 0 aromatic heterocycles. The fourth-order valence-corrected chi connectivity index (χ4v) is 4.55. The van der Waals surface area contributed by atoms with E-state index in [4.69, 9.17) is 23.3 Å². The van der Waals surface area contributed by atoms with Crippen LogP contribution in [-0.2, 0) is 22.9 Å². The molecule has 0 radical (unpaired) electrons. The lowest BCUT2D eigenvalue weighted by Crippen LogP contribution is -2.13. The SMILES string of the molecule is CCOP(=O)(O)c1ccc(OCCOCCOc2ccc(P(=O)(O)OCC)cc2)cc1. The second kappa shape index (κ2) is 12.4. The quantitative estimate of drug-likeness (QED) is 0.315. The first-order chi connectivity index (χ1) is 14.8. The molecule has 9 nitrogen and oxygen atoms in total. The predicted molar refractivity (Wildman–Crippen MR) is 117 cm³/mol. The molecule has 0 aliphatic heterocycles. The Morgan fingerprint density at radius 3 is 1.32 bits per heavy atom. The van der Waals surface area contributed by atoms with E-state index in [1.807, 2.05) is 0 Å². The van der Waals surface area contributed by atoms with Gasteiger partial charge in [0.25, 0.3) is 0 Å². The Morgan fingerprint density at radius 1 is 0.645 bits per heavy atom. The van der Waals surface area contributed by atoms with E-state index < -0.39 is 15.2 Å². The van der Waals surface area contributed by atoms with E-state index in [1.165, 1.54) is 24.3 Å². The minimum Gasteiger partial charge on any atom is -0.491 e. The van der Waals surface area contributed by atoms with Gasteiger partial charge in [-0.2, -0.15) is 0 Å². The molecule has 2 aromatic carbocycles. The van der Waals surface area contributed by atoms with Crippen molar-refractivity contribution in [3.8, 4) is 11.5 Å². The average molecular weight is 474 g/mol. The molecular weight excluding hydrogens is 446 g/mol. The zero-order valence-electron chi connectivity index (χ0n) is 17.5. The van der Waals surface area contributed by atoms with Crippen LogP contribution in [0.25, 0.3) is 0 Å². The van der Waals surface area contributed by atoms with E-state index in [0.717, 1.165) is 0 Å². The first-order valence-corrected chi connectivity index (χ1v) is 12.9. The zero-order valence-corrected chi connectivity index (χ0v) is 19.3. The predicted octanol–water partition coefficient (Wildman–Crippen LogP) is 2.86. The molecule has 0 heterocycles. The van der Waals surface area contributed by atoms with Crippen LogP contribution in [0.2, 0.25) is 0 Å². The molecule has 2 N–H and O–H groups in total. The van der Waals surface area contributed by atoms with Gasteiger partial charge in [-0.1, -0.05) is 0 Å². The van der Waals surface area contributed by atoms with Crippen LogP contribution in [0.4, 0.5) is 0 Å². The maximum absolute atomic E-state index is 11.9. The van der Waals surface area contributed by atoms with Crippen molar-refractivity contribution in [2.24, 2.45) is 0 Å². The number of rotatable bonds is 14. The highest BCUT2D eigenvalue weighted by molar-refractivity contribution is 7.61. The molecule has 2 aromatic rings. The van der Waals surface area contributed by atoms with Gasteiger partial charge in [0.2, 0.25) is 0 Å². The number of ether oxygens (including phenoxy) is 3. The third-order valence-electron chi connectivity index (χ3n) is 3.93. The van der Waals surface area contributed by atoms with Gasteiger partial charge in [-0.3, -0.25) is 9.13 Å². The molecule has 0 aliphatic rings. The summed E-state index contributed by atoms with van der Waals surface area (Å²) >= 11 is 0. The highest BCUT2D eigenvalue weighted by Gasteiger charge is 2.22. The third kappa shape index (κ3) is 8.39. The van der Waals surface area contributed by atoms with Crippen LogP contribution >= 0.6 is 15.2 Å². The van der Waals surface area contributed by atoms with E-state index in [1.54, 1.807) is 38.1 Å². The molecule has 11 heteroatoms. The van der Waals surface area contributed by atoms with Gasteiger partial charge in [0.05, 0.1) is 37.0 Å². The van der Waals surface area contributed by atoms with Crippen LogP contribution in [0.1, 0.15) is 13.8 Å². The van der Waals surface area contributed by atoms with E-state index in [9.17, 15) is 18.9 Å². The summed E-state index contributed by atoms with van der Waals surface area (Å²) in [6.07, 6.45) is 0. The Bertz CT molecular complexity index is 811. The normalized spacial score (nSPS) is 15.1. The fraction of sp³-hybridized carbons (Fsp3) is 0.400. The minimum absolute atomic E-state index is 0.150. The summed E-state index contributed by atoms with van der Waals surface area (Å²) in [4.78, 5) is 19.5. The topological polar surface area (TPSA) is 121 Å². The van der Waals surface area contributed by atoms with Crippen molar-refractivity contribution in [1.82, 2.24) is 0 Å². The highest BCUT2D eigenvalue weighted by Crippen LogP contribution is 2.41. The van der Waals surface area contributed by atoms with Crippen molar-refractivity contribution in [3.63, 3.8) is 0 Å². The van der Waals surface area contributed by atoms with Gasteiger partial charge in [-0.25, -0.2) is 0 Å². The van der Waals surface area contributed by atoms with E-state index >= 15 is 0 Å². The molecule has 0 aliphatic carbocycles. The van der Waals surface area contributed by atoms with Crippen LogP contribution in [0.3, 0.4) is 0 Å². The van der Waals surface area contributed by atoms with Gasteiger partial charge in [-0.05, 0) is 62.4 Å². The lowest BCUT2D eigenvalue weighted by atomic mass is 10.3. The summed E-state index contributed by atoms with van der Waals surface area (Å²) in [6, 6.07) is 12.4. The van der Waals surface area contributed by atoms with Crippen LogP contribution < -0.4 is 20.1 Å². The maximum atomic E-state index is 11.9. The summed E-state index contributed by atoms with van der Waals surface area (Å²) in [5.41, 5.74) is 0. The Morgan fingerprint density at radius 2 is 1.00 bits per heavy atom. The smallest absolute Gasteiger partial charge is 0.358 e. The van der Waals surface area contributed by atoms with Crippen molar-refractivity contribution < 1.29 is 42.2 Å². The summed E-state index contributed by atoms with van der Waals surface area (Å²) in [6.45, 7) is 4.89. The first-order valence-electron chi connectivity index (χ1n) is 9.77. The van der Waals surface area contributed by atoms with Crippen LogP contribution in [0.15, 0.2) is 48.5 Å². The Hall–Kier alpha value is -1.70. The van der Waals surface area contributed by atoms with Crippen molar-refractivity contribution in [2.75, 3.05) is 39.6 Å². The largest absolute Gasteiger partial charge is 0.491 e. The van der Waals surface area contributed by atoms with Gasteiger partial charge < -0.3 is 33.0 Å². The monoisotopic (exact) mass is 474 g/mol. The molecule has 31 heavy (non-hydrogen) atoms. The minimum atomic E-state index is -3.78. The average Bonchev–Trinajstić information content (AvgIpc) is 2.74. The number of hydrogen-bond donors (Lipinski definition) is 2. The van der Waals surface area contributed by atoms with Crippen molar-refractivity contribution in [1.29, 1.82) is 0 Å². The van der Waals surface area contributed by atoms with E-state index in [-0.39, 0.29) is 23.8 Å². The fourth-order valence-electron chi connectivity index (χ4n) is 2.50. The Kier molecular flexibility index (Phi) is 10.2. The molecule has 0 saturated carbocycles. The standard InChI is InChI=1S/C20H28O9P2/c1-3-28-30(21,22)19-9-5-17(6-10-19)26-15-13-25-14-16-27-18-7-11-20(12-8-18)31(23,24)29-4-2/h5-12H,3-4,13-16H2,1-2H3,(H,21,22)(H,23,24). The summed E-state index contributed by atoms with van der Waals surface area (Å²) in [5.74, 6) is 1.10. The van der Waals surface area contributed by atoms with Crippen molar-refractivity contribution >= 4 is 25.8 Å². The van der Waals surface area contributed by atoms with E-state index in [2.05, 4.69) is 0 Å². The summed E-state index contributed by atoms with van der Waals surface area (Å²) in [7, 11) is -7.55. The lowest BCUT2D eigenvalue weighted by Gasteiger charge is -2.12. The summed E-state index contributed by atoms with van der Waals surface area (Å²) < 4.78 is 50.0.